The lowest BCUT2D eigenvalue weighted by atomic mass is 10.1. The fourth-order valence-electron chi connectivity index (χ4n) is 4.41. The minimum Gasteiger partial charge on any atom is -0.497 e. The Kier molecular flexibility index (Phi) is 9.86. The quantitative estimate of drug-likeness (QED) is 0.277. The van der Waals surface area contributed by atoms with E-state index in [4.69, 9.17) is 25.7 Å². The lowest BCUT2D eigenvalue weighted by Crippen LogP contribution is -2.40. The number of methoxy groups -OCH3 is 2. The summed E-state index contributed by atoms with van der Waals surface area (Å²) in [4.78, 5) is 46.6. The van der Waals surface area contributed by atoms with Crippen molar-refractivity contribution in [1.82, 2.24) is 9.97 Å². The SMILES string of the molecule is C.C=CC(=O)Cc1cc(OC)ccc1Oc1nc(Nc2ccc(N3CCC[C@@H]3C(N)=O)cc2OC)ncc1C(N)=O. The van der Waals surface area contributed by atoms with Crippen LogP contribution in [0.1, 0.15) is 36.2 Å². The number of nitrogens with zero attached hydrogens (tertiary/aromatic N) is 3. The molecule has 0 radical (unpaired) electrons. The summed E-state index contributed by atoms with van der Waals surface area (Å²) in [5.74, 6) is -0.147. The van der Waals surface area contributed by atoms with Crippen molar-refractivity contribution in [3.8, 4) is 23.1 Å². The smallest absolute Gasteiger partial charge is 0.255 e. The normalized spacial score (nSPS) is 14.0. The molecule has 0 saturated carbocycles. The first-order chi connectivity index (χ1) is 19.2. The van der Waals surface area contributed by atoms with Crippen molar-refractivity contribution in [1.29, 1.82) is 0 Å². The summed E-state index contributed by atoms with van der Waals surface area (Å²) in [6.07, 6.45) is 4.00. The molecule has 1 aromatic heterocycles. The summed E-state index contributed by atoms with van der Waals surface area (Å²) in [5, 5.41) is 3.06. The Balaban J connectivity index is 0.00000462. The third-order valence-electron chi connectivity index (χ3n) is 6.43. The lowest BCUT2D eigenvalue weighted by Gasteiger charge is -2.25. The van der Waals surface area contributed by atoms with E-state index in [1.165, 1.54) is 26.5 Å². The molecule has 1 saturated heterocycles. The van der Waals surface area contributed by atoms with E-state index < -0.39 is 5.91 Å². The molecule has 2 amide bonds. The second-order valence-corrected chi connectivity index (χ2v) is 8.96. The molecule has 1 fully saturated rings. The molecule has 2 heterocycles. The number of aromatic nitrogens is 2. The minimum absolute atomic E-state index is 0. The Bertz CT molecular complexity index is 1460. The summed E-state index contributed by atoms with van der Waals surface area (Å²) in [6.45, 7) is 4.21. The highest BCUT2D eigenvalue weighted by Gasteiger charge is 2.29. The zero-order chi connectivity index (χ0) is 28.8. The van der Waals surface area contributed by atoms with Gasteiger partial charge in [-0.3, -0.25) is 14.4 Å². The molecule has 0 bridgehead atoms. The number of benzene rings is 2. The number of ether oxygens (including phenoxy) is 3. The van der Waals surface area contributed by atoms with Gasteiger partial charge in [0, 0.05) is 36.5 Å². The van der Waals surface area contributed by atoms with Gasteiger partial charge in [0.25, 0.3) is 5.91 Å². The van der Waals surface area contributed by atoms with E-state index >= 15 is 0 Å². The monoisotopic (exact) mass is 562 g/mol. The average Bonchev–Trinajstić information content (AvgIpc) is 3.44. The van der Waals surface area contributed by atoms with Crippen molar-refractivity contribution >= 4 is 34.9 Å². The van der Waals surface area contributed by atoms with E-state index in [9.17, 15) is 14.4 Å². The van der Waals surface area contributed by atoms with Gasteiger partial charge in [0.15, 0.2) is 5.78 Å². The van der Waals surface area contributed by atoms with Gasteiger partial charge in [0.2, 0.25) is 17.7 Å². The van der Waals surface area contributed by atoms with E-state index in [2.05, 4.69) is 21.9 Å². The molecule has 0 unspecified atom stereocenters. The first-order valence-corrected chi connectivity index (χ1v) is 12.4. The molecule has 41 heavy (non-hydrogen) atoms. The van der Waals surface area contributed by atoms with Gasteiger partial charge in [-0.25, -0.2) is 4.98 Å². The number of hydrogen-bond acceptors (Lipinski definition) is 10. The fourth-order valence-corrected chi connectivity index (χ4v) is 4.41. The number of hydrogen-bond donors (Lipinski definition) is 3. The average molecular weight is 563 g/mol. The number of ketones is 1. The maximum atomic E-state index is 12.1. The van der Waals surface area contributed by atoms with Crippen molar-refractivity contribution < 1.29 is 28.6 Å². The molecule has 12 nitrogen and oxygen atoms in total. The van der Waals surface area contributed by atoms with Gasteiger partial charge in [-0.1, -0.05) is 14.0 Å². The van der Waals surface area contributed by atoms with Crippen LogP contribution in [0.2, 0.25) is 0 Å². The Hall–Kier alpha value is -5.13. The van der Waals surface area contributed by atoms with Gasteiger partial charge in [-0.05, 0) is 49.2 Å². The van der Waals surface area contributed by atoms with Crippen LogP contribution in [0.5, 0.6) is 23.1 Å². The van der Waals surface area contributed by atoms with Crippen molar-refractivity contribution in [2.75, 3.05) is 31.0 Å². The zero-order valence-electron chi connectivity index (χ0n) is 22.2. The van der Waals surface area contributed by atoms with E-state index in [1.54, 1.807) is 30.3 Å². The summed E-state index contributed by atoms with van der Waals surface area (Å²) in [7, 11) is 3.02. The van der Waals surface area contributed by atoms with E-state index in [-0.39, 0.29) is 54.7 Å². The summed E-state index contributed by atoms with van der Waals surface area (Å²) < 4.78 is 16.8. The van der Waals surface area contributed by atoms with E-state index in [0.29, 0.717) is 35.7 Å². The number of nitrogens with one attached hydrogen (secondary N) is 1. The maximum absolute atomic E-state index is 12.1. The molecule has 0 spiro atoms. The largest absolute Gasteiger partial charge is 0.497 e. The zero-order valence-corrected chi connectivity index (χ0v) is 22.2. The Labute approximate surface area is 238 Å². The van der Waals surface area contributed by atoms with Crippen molar-refractivity contribution in [2.24, 2.45) is 11.5 Å². The van der Waals surface area contributed by atoms with Crippen LogP contribution in [-0.4, -0.2) is 54.4 Å². The number of amides is 2. The van der Waals surface area contributed by atoms with Crippen LogP contribution in [0.25, 0.3) is 0 Å². The molecular formula is C29H34N6O6. The predicted octanol–water partition coefficient (Wildman–Crippen LogP) is 3.52. The number of allylic oxidation sites excluding steroid dienone is 1. The molecule has 1 atom stereocenters. The second kappa shape index (κ2) is 13.3. The van der Waals surface area contributed by atoms with Crippen LogP contribution in [0.3, 0.4) is 0 Å². The van der Waals surface area contributed by atoms with Crippen LogP contribution in [0.15, 0.2) is 55.3 Å². The highest BCUT2D eigenvalue weighted by atomic mass is 16.5. The lowest BCUT2D eigenvalue weighted by molar-refractivity contribution is -0.119. The van der Waals surface area contributed by atoms with Gasteiger partial charge in [0.05, 0.1) is 19.9 Å². The Morgan fingerprint density at radius 2 is 1.90 bits per heavy atom. The first kappa shape index (κ1) is 30.4. The van der Waals surface area contributed by atoms with E-state index in [0.717, 1.165) is 12.1 Å². The molecule has 5 N–H and O–H groups in total. The van der Waals surface area contributed by atoms with Gasteiger partial charge in [-0.15, -0.1) is 0 Å². The van der Waals surface area contributed by atoms with Crippen LogP contribution < -0.4 is 35.9 Å². The number of nitrogens with two attached hydrogens (primary N) is 2. The van der Waals surface area contributed by atoms with Crippen LogP contribution in [0.4, 0.5) is 17.3 Å². The minimum atomic E-state index is -0.796. The molecule has 12 heteroatoms. The number of carbonyl (C=O) groups excluding carboxylic acids is 3. The number of carbonyl (C=O) groups is 3. The van der Waals surface area contributed by atoms with Crippen LogP contribution >= 0.6 is 0 Å². The van der Waals surface area contributed by atoms with Gasteiger partial charge >= 0.3 is 0 Å². The van der Waals surface area contributed by atoms with Crippen LogP contribution in [-0.2, 0) is 16.0 Å². The first-order valence-electron chi connectivity index (χ1n) is 12.4. The Morgan fingerprint density at radius 1 is 1.12 bits per heavy atom. The fraction of sp³-hybridized carbons (Fsp3) is 0.276. The number of rotatable bonds is 12. The molecule has 216 valence electrons. The van der Waals surface area contributed by atoms with E-state index in [1.807, 2.05) is 11.0 Å². The molecule has 2 aromatic carbocycles. The third-order valence-corrected chi connectivity index (χ3v) is 6.43. The maximum Gasteiger partial charge on any atom is 0.255 e. The standard InChI is InChI=1S/C28H30N6O6.CH4/c1-4-18(35)12-16-13-19(38-2)8-10-23(16)40-27-20(25(29)36)15-31-28(33-27)32-21-9-7-17(14-24(21)39-3)34-11-5-6-22(34)26(30)37;/h4,7-10,13-15,22H,1,5-6,11-12H2,2-3H3,(H2,29,36)(H2,30,37)(H,31,32,33);1H4/t22-;/m1./s1. The molecule has 1 aliphatic heterocycles. The van der Waals surface area contributed by atoms with Gasteiger partial charge in [0.1, 0.15) is 28.9 Å². The van der Waals surface area contributed by atoms with Gasteiger partial charge in [-0.2, -0.15) is 4.98 Å². The topological polar surface area (TPSA) is 172 Å². The number of primary amides is 2. The molecule has 3 aromatic rings. The van der Waals surface area contributed by atoms with Crippen molar-refractivity contribution in [3.63, 3.8) is 0 Å². The van der Waals surface area contributed by atoms with Crippen molar-refractivity contribution in [2.45, 2.75) is 32.7 Å². The second-order valence-electron chi connectivity index (χ2n) is 8.96. The highest BCUT2D eigenvalue weighted by molar-refractivity contribution is 5.95. The van der Waals surface area contributed by atoms with Gasteiger partial charge < -0.3 is 35.9 Å². The Morgan fingerprint density at radius 3 is 2.56 bits per heavy atom. The molecule has 4 rings (SSSR count). The molecule has 1 aliphatic rings. The molecule has 0 aliphatic carbocycles. The summed E-state index contributed by atoms with van der Waals surface area (Å²) in [6, 6.07) is 9.91. The highest BCUT2D eigenvalue weighted by Crippen LogP contribution is 2.35. The third kappa shape index (κ3) is 6.90. The predicted molar refractivity (Wildman–Crippen MR) is 155 cm³/mol. The van der Waals surface area contributed by atoms with Crippen LogP contribution in [0, 0.1) is 0 Å². The van der Waals surface area contributed by atoms with Crippen molar-refractivity contribution in [3.05, 3.63) is 66.4 Å². The summed E-state index contributed by atoms with van der Waals surface area (Å²) in [5.41, 5.74) is 12.9. The summed E-state index contributed by atoms with van der Waals surface area (Å²) >= 11 is 0. The molecular weight excluding hydrogens is 528 g/mol. The number of anilines is 3.